The molecule has 0 aliphatic heterocycles. The molecule has 88 valence electrons. The molecule has 17 heavy (non-hydrogen) atoms. The summed E-state index contributed by atoms with van der Waals surface area (Å²) >= 11 is 5.66. The maximum atomic E-state index is 5.66. The lowest BCUT2D eigenvalue weighted by molar-refractivity contribution is 0.374. The van der Waals surface area contributed by atoms with E-state index >= 15 is 0 Å². The summed E-state index contributed by atoms with van der Waals surface area (Å²) in [5, 5.41) is 4.10. The number of nitrogens with zero attached hydrogens (tertiary/aromatic N) is 2. The maximum Gasteiger partial charge on any atom is 0.227 e. The highest BCUT2D eigenvalue weighted by atomic mass is 35.5. The Hall–Kier alpha value is -1.35. The fraction of sp³-hybridized carbons (Fsp3) is 0.385. The molecule has 1 aliphatic carbocycles. The molecule has 1 aromatic heterocycles. The molecule has 0 saturated heterocycles. The average molecular weight is 249 g/mol. The zero-order valence-electron chi connectivity index (χ0n) is 9.40. The summed E-state index contributed by atoms with van der Waals surface area (Å²) in [5.41, 5.74) is 1.27. The van der Waals surface area contributed by atoms with Gasteiger partial charge >= 0.3 is 0 Å². The summed E-state index contributed by atoms with van der Waals surface area (Å²) in [6, 6.07) is 10.4. The van der Waals surface area contributed by atoms with E-state index in [-0.39, 0.29) is 5.41 Å². The Morgan fingerprint density at radius 2 is 2.00 bits per heavy atom. The molecule has 0 atom stereocenters. The van der Waals surface area contributed by atoms with Crippen LogP contribution in [0.15, 0.2) is 34.9 Å². The third-order valence-corrected chi connectivity index (χ3v) is 3.47. The highest BCUT2D eigenvalue weighted by Gasteiger charge is 2.49. The number of hydrogen-bond acceptors (Lipinski definition) is 3. The average Bonchev–Trinajstić information content (AvgIpc) is 3.06. The van der Waals surface area contributed by atoms with Crippen LogP contribution in [0.2, 0.25) is 0 Å². The van der Waals surface area contributed by atoms with E-state index in [0.29, 0.717) is 18.2 Å². The van der Waals surface area contributed by atoms with Gasteiger partial charge in [0, 0.05) is 12.3 Å². The van der Waals surface area contributed by atoms with Crippen molar-refractivity contribution in [1.82, 2.24) is 10.1 Å². The van der Waals surface area contributed by atoms with Gasteiger partial charge in [-0.25, -0.2) is 0 Å². The molecule has 0 spiro atoms. The molecule has 1 saturated carbocycles. The Balaban J connectivity index is 1.92. The van der Waals surface area contributed by atoms with Crippen LogP contribution in [0.3, 0.4) is 0 Å². The van der Waals surface area contributed by atoms with Gasteiger partial charge < -0.3 is 4.52 Å². The number of benzene rings is 1. The van der Waals surface area contributed by atoms with E-state index in [1.807, 2.05) is 6.07 Å². The molecule has 1 fully saturated rings. The monoisotopic (exact) mass is 248 g/mol. The number of aryl methyl sites for hydroxylation is 1. The van der Waals surface area contributed by atoms with Crippen LogP contribution in [-0.4, -0.2) is 16.0 Å². The third kappa shape index (κ3) is 1.84. The number of halogens is 1. The first-order valence-corrected chi connectivity index (χ1v) is 6.33. The van der Waals surface area contributed by atoms with Gasteiger partial charge in [-0.15, -0.1) is 11.6 Å². The van der Waals surface area contributed by atoms with E-state index in [1.54, 1.807) is 0 Å². The lowest BCUT2D eigenvalue weighted by Crippen LogP contribution is -2.10. The van der Waals surface area contributed by atoms with Crippen molar-refractivity contribution < 1.29 is 4.52 Å². The lowest BCUT2D eigenvalue weighted by atomic mass is 9.95. The maximum absolute atomic E-state index is 5.66. The summed E-state index contributed by atoms with van der Waals surface area (Å²) in [6.45, 7) is 0. The highest BCUT2D eigenvalue weighted by Crippen LogP contribution is 2.52. The summed E-state index contributed by atoms with van der Waals surface area (Å²) in [6.07, 6.45) is 2.83. The molecule has 1 aliphatic rings. The molecule has 4 heteroatoms. The third-order valence-electron chi connectivity index (χ3n) is 3.28. The Labute approximate surface area is 105 Å². The Kier molecular flexibility index (Phi) is 2.63. The van der Waals surface area contributed by atoms with E-state index in [2.05, 4.69) is 34.4 Å². The normalized spacial score (nSPS) is 17.0. The molecular formula is C13H13ClN2O. The van der Waals surface area contributed by atoms with Gasteiger partial charge in [-0.2, -0.15) is 4.98 Å². The van der Waals surface area contributed by atoms with Crippen molar-refractivity contribution >= 4 is 11.6 Å². The molecule has 3 rings (SSSR count). The molecular weight excluding hydrogens is 236 g/mol. The van der Waals surface area contributed by atoms with Crippen molar-refractivity contribution in [1.29, 1.82) is 0 Å². The van der Waals surface area contributed by atoms with Crippen LogP contribution < -0.4 is 0 Å². The molecule has 0 radical (unpaired) electrons. The quantitative estimate of drug-likeness (QED) is 0.781. The van der Waals surface area contributed by atoms with Crippen molar-refractivity contribution in [2.24, 2.45) is 0 Å². The van der Waals surface area contributed by atoms with Crippen LogP contribution in [-0.2, 0) is 11.8 Å². The molecule has 1 aromatic carbocycles. The summed E-state index contributed by atoms with van der Waals surface area (Å²) in [5.74, 6) is 1.96. The second-order valence-corrected chi connectivity index (χ2v) is 4.78. The van der Waals surface area contributed by atoms with E-state index in [1.165, 1.54) is 5.56 Å². The largest absolute Gasteiger partial charge is 0.339 e. The SMILES string of the molecule is ClCCc1nc(C2(c3ccccc3)CC2)no1. The predicted molar refractivity (Wildman–Crippen MR) is 65.2 cm³/mol. The first kappa shape index (κ1) is 10.8. The van der Waals surface area contributed by atoms with Crippen LogP contribution in [0.5, 0.6) is 0 Å². The second-order valence-electron chi connectivity index (χ2n) is 4.40. The van der Waals surface area contributed by atoms with Gasteiger partial charge in [-0.3, -0.25) is 0 Å². The summed E-state index contributed by atoms with van der Waals surface area (Å²) in [4.78, 5) is 4.45. The molecule has 1 heterocycles. The minimum atomic E-state index is -0.00464. The van der Waals surface area contributed by atoms with Gasteiger partial charge in [0.2, 0.25) is 5.89 Å². The topological polar surface area (TPSA) is 38.9 Å². The first-order chi connectivity index (χ1) is 8.35. The highest BCUT2D eigenvalue weighted by molar-refractivity contribution is 6.17. The molecule has 3 nitrogen and oxygen atoms in total. The minimum Gasteiger partial charge on any atom is -0.339 e. The van der Waals surface area contributed by atoms with E-state index in [9.17, 15) is 0 Å². The fourth-order valence-corrected chi connectivity index (χ4v) is 2.32. The smallest absolute Gasteiger partial charge is 0.227 e. The standard InChI is InChI=1S/C13H13ClN2O/c14-9-6-11-15-12(16-17-11)13(7-8-13)10-4-2-1-3-5-10/h1-5H,6-9H2. The zero-order valence-corrected chi connectivity index (χ0v) is 10.2. The Morgan fingerprint density at radius 3 is 2.65 bits per heavy atom. The minimum absolute atomic E-state index is 0.00464. The fourth-order valence-electron chi connectivity index (χ4n) is 2.16. The van der Waals surface area contributed by atoms with Gasteiger partial charge in [0.15, 0.2) is 5.82 Å². The van der Waals surface area contributed by atoms with Gasteiger partial charge in [0.1, 0.15) is 0 Å². The number of alkyl halides is 1. The number of aromatic nitrogens is 2. The van der Waals surface area contributed by atoms with Crippen molar-refractivity contribution in [3.63, 3.8) is 0 Å². The molecule has 2 aromatic rings. The zero-order chi connectivity index (χ0) is 11.7. The first-order valence-electron chi connectivity index (χ1n) is 5.80. The lowest BCUT2D eigenvalue weighted by Gasteiger charge is -2.09. The summed E-state index contributed by atoms with van der Waals surface area (Å²) < 4.78 is 5.21. The van der Waals surface area contributed by atoms with Crippen molar-refractivity contribution in [2.45, 2.75) is 24.7 Å². The predicted octanol–water partition coefficient (Wildman–Crippen LogP) is 2.93. The Bertz CT molecular complexity index is 505. The van der Waals surface area contributed by atoms with E-state index in [4.69, 9.17) is 16.1 Å². The van der Waals surface area contributed by atoms with Crippen molar-refractivity contribution in [3.8, 4) is 0 Å². The van der Waals surface area contributed by atoms with E-state index in [0.717, 1.165) is 18.7 Å². The van der Waals surface area contributed by atoms with Gasteiger partial charge in [0.25, 0.3) is 0 Å². The van der Waals surface area contributed by atoms with Gasteiger partial charge in [-0.05, 0) is 18.4 Å². The van der Waals surface area contributed by atoms with Crippen LogP contribution in [0, 0.1) is 0 Å². The molecule has 0 unspecified atom stereocenters. The van der Waals surface area contributed by atoms with Crippen LogP contribution >= 0.6 is 11.6 Å². The van der Waals surface area contributed by atoms with Crippen LogP contribution in [0.25, 0.3) is 0 Å². The molecule has 0 N–H and O–H groups in total. The van der Waals surface area contributed by atoms with Crippen molar-refractivity contribution in [2.75, 3.05) is 5.88 Å². The van der Waals surface area contributed by atoms with Crippen molar-refractivity contribution in [3.05, 3.63) is 47.6 Å². The van der Waals surface area contributed by atoms with Gasteiger partial charge in [-0.1, -0.05) is 35.5 Å². The van der Waals surface area contributed by atoms with E-state index < -0.39 is 0 Å². The molecule has 0 bridgehead atoms. The second kappa shape index (κ2) is 4.15. The number of rotatable bonds is 4. The number of hydrogen-bond donors (Lipinski definition) is 0. The summed E-state index contributed by atoms with van der Waals surface area (Å²) in [7, 11) is 0. The molecule has 0 amide bonds. The van der Waals surface area contributed by atoms with Gasteiger partial charge in [0.05, 0.1) is 5.41 Å². The van der Waals surface area contributed by atoms with Crippen LogP contribution in [0.4, 0.5) is 0 Å². The Morgan fingerprint density at radius 1 is 1.24 bits per heavy atom. The van der Waals surface area contributed by atoms with Crippen LogP contribution in [0.1, 0.15) is 30.1 Å².